The molecule has 0 saturated heterocycles. The first kappa shape index (κ1) is 20.7. The van der Waals surface area contributed by atoms with Crippen LogP contribution in [0.25, 0.3) is 22.1 Å². The summed E-state index contributed by atoms with van der Waals surface area (Å²) in [6.45, 7) is 9.86. The predicted octanol–water partition coefficient (Wildman–Crippen LogP) is 5.57. The minimum atomic E-state index is 0.00936. The van der Waals surface area contributed by atoms with Crippen LogP contribution in [0.4, 0.5) is 0 Å². The molecule has 2 aromatic carbocycles. The first-order valence-corrected chi connectivity index (χ1v) is 11.2. The van der Waals surface area contributed by atoms with Gasteiger partial charge in [0, 0.05) is 18.5 Å². The minimum Gasteiger partial charge on any atom is -0.326 e. The number of para-hydroxylation sites is 2. The van der Waals surface area contributed by atoms with E-state index in [0.29, 0.717) is 18.3 Å². The van der Waals surface area contributed by atoms with E-state index in [-0.39, 0.29) is 11.7 Å². The third-order valence-electron chi connectivity index (χ3n) is 5.66. The molecule has 0 aliphatic rings. The lowest BCUT2D eigenvalue weighted by Crippen LogP contribution is -2.27. The number of halogens is 1. The molecule has 0 spiro atoms. The van der Waals surface area contributed by atoms with E-state index in [1.807, 2.05) is 59.4 Å². The number of nitrogens with zero attached hydrogens (tertiary/aromatic N) is 4. The fraction of sp³-hybridized carbons (Fsp3) is 0.417. The average molecular weight is 425 g/mol. The van der Waals surface area contributed by atoms with E-state index in [0.717, 1.165) is 46.4 Å². The maximum atomic E-state index is 13.3. The van der Waals surface area contributed by atoms with Crippen LogP contribution in [0.2, 0.25) is 0 Å². The lowest BCUT2D eigenvalue weighted by molar-refractivity contribution is 0.504. The summed E-state index contributed by atoms with van der Waals surface area (Å²) in [5, 5.41) is 0. The normalized spacial score (nSPS) is 12.1. The predicted molar refractivity (Wildman–Crippen MR) is 124 cm³/mol. The Hall–Kier alpha value is -2.53. The molecule has 0 bridgehead atoms. The minimum absolute atomic E-state index is 0.00936. The van der Waals surface area contributed by atoms with Gasteiger partial charge in [0.2, 0.25) is 0 Å². The molecular weight excluding hydrogens is 396 g/mol. The van der Waals surface area contributed by atoms with Gasteiger partial charge in [-0.15, -0.1) is 11.6 Å². The van der Waals surface area contributed by atoms with Crippen LogP contribution >= 0.6 is 11.6 Å². The molecule has 6 heteroatoms. The molecule has 158 valence electrons. The first-order chi connectivity index (χ1) is 14.4. The second-order valence-corrected chi connectivity index (χ2v) is 8.91. The maximum Gasteiger partial charge on any atom is 0.329 e. The summed E-state index contributed by atoms with van der Waals surface area (Å²) in [6, 6.07) is 14.3. The fourth-order valence-electron chi connectivity index (χ4n) is 4.08. The van der Waals surface area contributed by atoms with Crippen molar-refractivity contribution < 1.29 is 0 Å². The van der Waals surface area contributed by atoms with Gasteiger partial charge in [-0.1, -0.05) is 32.0 Å². The second-order valence-electron chi connectivity index (χ2n) is 8.64. The van der Waals surface area contributed by atoms with Gasteiger partial charge in [-0.3, -0.25) is 9.13 Å². The quantitative estimate of drug-likeness (QED) is 0.364. The molecular formula is C24H29ClN4O. The van der Waals surface area contributed by atoms with Gasteiger partial charge in [0.15, 0.2) is 0 Å². The molecule has 2 aromatic heterocycles. The van der Waals surface area contributed by atoms with Gasteiger partial charge in [0.25, 0.3) is 0 Å². The van der Waals surface area contributed by atoms with E-state index < -0.39 is 0 Å². The van der Waals surface area contributed by atoms with Crippen LogP contribution in [-0.2, 0) is 19.0 Å². The number of aryl methyl sites for hydroxylation is 1. The average Bonchev–Trinajstić information content (AvgIpc) is 3.20. The zero-order valence-electron chi connectivity index (χ0n) is 18.1. The van der Waals surface area contributed by atoms with Crippen LogP contribution in [-0.4, -0.2) is 18.7 Å². The number of alkyl halides is 1. The first-order valence-electron chi connectivity index (χ1n) is 10.6. The summed E-state index contributed by atoms with van der Waals surface area (Å²) in [7, 11) is 0. The summed E-state index contributed by atoms with van der Waals surface area (Å²) in [5.74, 6) is 1.96. The molecule has 0 aliphatic heterocycles. The molecule has 2 heterocycles. The highest BCUT2D eigenvalue weighted by atomic mass is 35.5. The summed E-state index contributed by atoms with van der Waals surface area (Å²) < 4.78 is 5.98. The zero-order chi connectivity index (χ0) is 21.4. The monoisotopic (exact) mass is 424 g/mol. The Morgan fingerprint density at radius 1 is 0.967 bits per heavy atom. The van der Waals surface area contributed by atoms with E-state index in [1.54, 1.807) is 0 Å². The highest BCUT2D eigenvalue weighted by molar-refractivity contribution is 6.17. The summed E-state index contributed by atoms with van der Waals surface area (Å²) in [4.78, 5) is 18.2. The number of fused-ring (bicyclic) bond motifs is 2. The Kier molecular flexibility index (Phi) is 5.74. The Morgan fingerprint density at radius 3 is 2.37 bits per heavy atom. The zero-order valence-corrected chi connectivity index (χ0v) is 18.9. The topological polar surface area (TPSA) is 44.8 Å². The van der Waals surface area contributed by atoms with Crippen LogP contribution in [0, 0.1) is 5.92 Å². The molecule has 4 rings (SSSR count). The largest absolute Gasteiger partial charge is 0.329 e. The van der Waals surface area contributed by atoms with Crippen LogP contribution in [0.15, 0.2) is 47.3 Å². The van der Waals surface area contributed by atoms with Crippen molar-refractivity contribution >= 4 is 33.7 Å². The SMILES string of the molecule is CC(C)CCn1c(Cn2c(=O)n(C(C)C)c3ccccc32)nc2ccc(CCl)cc21. The molecule has 0 amide bonds. The molecule has 0 N–H and O–H groups in total. The van der Waals surface area contributed by atoms with E-state index in [1.165, 1.54) is 0 Å². The van der Waals surface area contributed by atoms with E-state index >= 15 is 0 Å². The van der Waals surface area contributed by atoms with Crippen LogP contribution in [0.3, 0.4) is 0 Å². The molecule has 4 aromatic rings. The molecule has 0 radical (unpaired) electrons. The van der Waals surface area contributed by atoms with Crippen molar-refractivity contribution in [1.82, 2.24) is 18.7 Å². The van der Waals surface area contributed by atoms with Gasteiger partial charge >= 0.3 is 5.69 Å². The highest BCUT2D eigenvalue weighted by Gasteiger charge is 2.18. The van der Waals surface area contributed by atoms with Gasteiger partial charge in [-0.05, 0) is 56.0 Å². The number of benzene rings is 2. The van der Waals surface area contributed by atoms with Crippen molar-refractivity contribution in [2.24, 2.45) is 5.92 Å². The molecule has 5 nitrogen and oxygen atoms in total. The van der Waals surface area contributed by atoms with Crippen molar-refractivity contribution in [1.29, 1.82) is 0 Å². The third kappa shape index (κ3) is 3.67. The molecule has 30 heavy (non-hydrogen) atoms. The molecule has 0 saturated carbocycles. The smallest absolute Gasteiger partial charge is 0.326 e. The Morgan fingerprint density at radius 2 is 1.70 bits per heavy atom. The van der Waals surface area contributed by atoms with Gasteiger partial charge in [0.05, 0.1) is 28.6 Å². The van der Waals surface area contributed by atoms with Crippen molar-refractivity contribution in [2.75, 3.05) is 0 Å². The van der Waals surface area contributed by atoms with Crippen LogP contribution in [0.1, 0.15) is 51.5 Å². The van der Waals surface area contributed by atoms with Gasteiger partial charge in [-0.25, -0.2) is 9.78 Å². The summed E-state index contributed by atoms with van der Waals surface area (Å²) in [6.07, 6.45) is 1.05. The maximum absolute atomic E-state index is 13.3. The molecule has 0 unspecified atom stereocenters. The van der Waals surface area contributed by atoms with E-state index in [9.17, 15) is 4.79 Å². The number of hydrogen-bond donors (Lipinski definition) is 0. The lowest BCUT2D eigenvalue weighted by Gasteiger charge is -2.12. The fourth-order valence-corrected chi connectivity index (χ4v) is 4.25. The number of rotatable bonds is 7. The number of hydrogen-bond acceptors (Lipinski definition) is 2. The molecule has 0 atom stereocenters. The van der Waals surface area contributed by atoms with E-state index in [2.05, 4.69) is 24.5 Å². The van der Waals surface area contributed by atoms with Gasteiger partial charge < -0.3 is 4.57 Å². The number of imidazole rings is 2. The highest BCUT2D eigenvalue weighted by Crippen LogP contribution is 2.23. The molecule has 0 aliphatic carbocycles. The van der Waals surface area contributed by atoms with Crippen LogP contribution in [0.5, 0.6) is 0 Å². The van der Waals surface area contributed by atoms with Crippen LogP contribution < -0.4 is 5.69 Å². The van der Waals surface area contributed by atoms with Crippen molar-refractivity contribution in [3.8, 4) is 0 Å². The van der Waals surface area contributed by atoms with Crippen molar-refractivity contribution in [2.45, 2.75) is 59.1 Å². The third-order valence-corrected chi connectivity index (χ3v) is 5.97. The Balaban J connectivity index is 1.87. The molecule has 0 fully saturated rings. The Labute approximate surface area is 181 Å². The number of aromatic nitrogens is 4. The summed E-state index contributed by atoms with van der Waals surface area (Å²) >= 11 is 6.08. The summed E-state index contributed by atoms with van der Waals surface area (Å²) in [5.41, 5.74) is 5.03. The van der Waals surface area contributed by atoms with Crippen molar-refractivity contribution in [3.05, 3.63) is 64.3 Å². The van der Waals surface area contributed by atoms with Gasteiger partial charge in [0.1, 0.15) is 5.82 Å². The second kappa shape index (κ2) is 8.31. The Bertz CT molecular complexity index is 1250. The standard InChI is InChI=1S/C24H29ClN4O/c1-16(2)11-12-27-22-13-18(14-25)9-10-19(22)26-23(27)15-28-20-7-5-6-8-21(20)29(17(3)4)24(28)30/h5-10,13,16-17H,11-12,14-15H2,1-4H3. The lowest BCUT2D eigenvalue weighted by atomic mass is 10.1. The van der Waals surface area contributed by atoms with E-state index in [4.69, 9.17) is 16.6 Å². The van der Waals surface area contributed by atoms with Gasteiger partial charge in [-0.2, -0.15) is 0 Å². The van der Waals surface area contributed by atoms with Crippen molar-refractivity contribution in [3.63, 3.8) is 0 Å².